The molecule has 1 atom stereocenters. The molecule has 0 amide bonds. The minimum absolute atomic E-state index is 0.180. The second-order valence-corrected chi connectivity index (χ2v) is 4.99. The number of benzene rings is 1. The molecule has 0 aromatic heterocycles. The maximum Gasteiger partial charge on any atom is 0.123 e. The summed E-state index contributed by atoms with van der Waals surface area (Å²) in [6.45, 7) is 6.89. The molecule has 0 heterocycles. The summed E-state index contributed by atoms with van der Waals surface area (Å²) in [5.41, 5.74) is 2.15. The summed E-state index contributed by atoms with van der Waals surface area (Å²) in [5.74, 6) is -0.180. The molecule has 0 aliphatic rings. The van der Waals surface area contributed by atoms with Crippen molar-refractivity contribution in [1.82, 2.24) is 5.32 Å². The summed E-state index contributed by atoms with van der Waals surface area (Å²) >= 11 is 0. The molecule has 0 aliphatic carbocycles. The van der Waals surface area contributed by atoms with Crippen LogP contribution < -0.4 is 5.32 Å². The number of nitrogens with one attached hydrogen (secondary N) is 1. The fraction of sp³-hybridized carbons (Fsp3) is 0.625. The van der Waals surface area contributed by atoms with Gasteiger partial charge in [-0.2, -0.15) is 0 Å². The number of halogens is 1. The number of hydrogen-bond acceptors (Lipinski definition) is 3. The zero-order valence-corrected chi connectivity index (χ0v) is 12.7. The van der Waals surface area contributed by atoms with E-state index in [-0.39, 0.29) is 11.9 Å². The van der Waals surface area contributed by atoms with Crippen LogP contribution in [0.1, 0.15) is 24.5 Å². The van der Waals surface area contributed by atoms with Crippen LogP contribution in [0.15, 0.2) is 18.2 Å². The molecular weight excluding hydrogens is 257 g/mol. The Morgan fingerprint density at radius 2 is 2.10 bits per heavy atom. The number of rotatable bonds is 10. The van der Waals surface area contributed by atoms with Gasteiger partial charge in [0.05, 0.1) is 19.8 Å². The molecule has 1 aromatic carbocycles. The fourth-order valence-corrected chi connectivity index (χ4v) is 2.06. The molecular formula is C16H26FNO2. The van der Waals surface area contributed by atoms with Gasteiger partial charge in [0.2, 0.25) is 0 Å². The minimum Gasteiger partial charge on any atom is -0.382 e. The maximum absolute atomic E-state index is 13.1. The van der Waals surface area contributed by atoms with Crippen molar-refractivity contribution >= 4 is 0 Å². The highest BCUT2D eigenvalue weighted by Gasteiger charge is 2.11. The van der Waals surface area contributed by atoms with Crippen LogP contribution in [0.4, 0.5) is 4.39 Å². The molecule has 1 rings (SSSR count). The van der Waals surface area contributed by atoms with Crippen molar-refractivity contribution in [3.8, 4) is 0 Å². The summed E-state index contributed by atoms with van der Waals surface area (Å²) in [4.78, 5) is 0. The summed E-state index contributed by atoms with van der Waals surface area (Å²) < 4.78 is 23.7. The van der Waals surface area contributed by atoms with Crippen LogP contribution in [0.3, 0.4) is 0 Å². The Bertz CT molecular complexity index is 385. The predicted molar refractivity (Wildman–Crippen MR) is 79.6 cm³/mol. The Hall–Kier alpha value is -0.970. The molecule has 114 valence electrons. The predicted octanol–water partition coefficient (Wildman–Crippen LogP) is 2.71. The molecule has 1 unspecified atom stereocenters. The van der Waals surface area contributed by atoms with E-state index in [0.29, 0.717) is 19.8 Å². The van der Waals surface area contributed by atoms with Crippen LogP contribution in [0, 0.1) is 12.7 Å². The molecule has 0 bridgehead atoms. The third-order valence-corrected chi connectivity index (χ3v) is 3.20. The van der Waals surface area contributed by atoms with Gasteiger partial charge in [-0.1, -0.05) is 13.0 Å². The lowest BCUT2D eigenvalue weighted by atomic mass is 10.0. The van der Waals surface area contributed by atoms with E-state index < -0.39 is 0 Å². The monoisotopic (exact) mass is 283 g/mol. The Morgan fingerprint density at radius 3 is 2.75 bits per heavy atom. The molecule has 0 radical (unpaired) electrons. The minimum atomic E-state index is -0.180. The molecule has 3 nitrogen and oxygen atoms in total. The van der Waals surface area contributed by atoms with E-state index in [4.69, 9.17) is 9.47 Å². The van der Waals surface area contributed by atoms with Crippen molar-refractivity contribution < 1.29 is 13.9 Å². The average molecular weight is 283 g/mol. The standard InChI is InChI=1S/C16H26FNO2/c1-4-7-18-16(12-20-9-8-19-3)11-14-5-6-15(17)10-13(14)2/h5-6,10,16,18H,4,7-9,11-12H2,1-3H3. The fourth-order valence-electron chi connectivity index (χ4n) is 2.06. The van der Waals surface area contributed by atoms with Gasteiger partial charge in [-0.25, -0.2) is 4.39 Å². The molecule has 0 fully saturated rings. The molecule has 1 N–H and O–H groups in total. The Kier molecular flexibility index (Phi) is 8.42. The SMILES string of the molecule is CCCNC(COCCOC)Cc1ccc(F)cc1C. The van der Waals surface area contributed by atoms with Crippen molar-refractivity contribution in [3.05, 3.63) is 35.1 Å². The van der Waals surface area contributed by atoms with Crippen LogP contribution in [0.2, 0.25) is 0 Å². The van der Waals surface area contributed by atoms with Crippen LogP contribution >= 0.6 is 0 Å². The molecule has 4 heteroatoms. The molecule has 0 spiro atoms. The van der Waals surface area contributed by atoms with Crippen molar-refractivity contribution in [1.29, 1.82) is 0 Å². The summed E-state index contributed by atoms with van der Waals surface area (Å²) in [5, 5.41) is 3.48. The lowest BCUT2D eigenvalue weighted by Gasteiger charge is -2.20. The lowest BCUT2D eigenvalue weighted by molar-refractivity contribution is 0.0587. The zero-order valence-electron chi connectivity index (χ0n) is 12.7. The first-order valence-corrected chi connectivity index (χ1v) is 7.22. The largest absolute Gasteiger partial charge is 0.382 e. The highest BCUT2D eigenvalue weighted by Crippen LogP contribution is 2.12. The third kappa shape index (κ3) is 6.46. The van der Waals surface area contributed by atoms with E-state index >= 15 is 0 Å². The first kappa shape index (κ1) is 17.1. The molecule has 1 aromatic rings. The van der Waals surface area contributed by atoms with Crippen molar-refractivity contribution in [3.63, 3.8) is 0 Å². The van der Waals surface area contributed by atoms with E-state index in [0.717, 1.165) is 30.5 Å². The second-order valence-electron chi connectivity index (χ2n) is 4.99. The first-order chi connectivity index (χ1) is 9.67. The van der Waals surface area contributed by atoms with Gasteiger partial charge in [0.1, 0.15) is 5.82 Å². The smallest absolute Gasteiger partial charge is 0.123 e. The quantitative estimate of drug-likeness (QED) is 0.670. The Balaban J connectivity index is 2.53. The van der Waals surface area contributed by atoms with Gasteiger partial charge in [0.15, 0.2) is 0 Å². The zero-order chi connectivity index (χ0) is 14.8. The first-order valence-electron chi connectivity index (χ1n) is 7.22. The molecule has 0 aliphatic heterocycles. The van der Waals surface area contributed by atoms with E-state index in [1.165, 1.54) is 6.07 Å². The van der Waals surface area contributed by atoms with Gasteiger partial charge in [-0.05, 0) is 49.6 Å². The number of hydrogen-bond donors (Lipinski definition) is 1. The van der Waals surface area contributed by atoms with E-state index in [9.17, 15) is 4.39 Å². The van der Waals surface area contributed by atoms with Gasteiger partial charge in [-0.3, -0.25) is 0 Å². The summed E-state index contributed by atoms with van der Waals surface area (Å²) in [6, 6.07) is 5.21. The van der Waals surface area contributed by atoms with Crippen LogP contribution in [0.25, 0.3) is 0 Å². The van der Waals surface area contributed by atoms with Crippen molar-refractivity contribution in [2.75, 3.05) is 33.5 Å². The maximum atomic E-state index is 13.1. The normalized spacial score (nSPS) is 12.6. The van der Waals surface area contributed by atoms with E-state index in [1.54, 1.807) is 13.2 Å². The third-order valence-electron chi connectivity index (χ3n) is 3.20. The molecule has 20 heavy (non-hydrogen) atoms. The lowest BCUT2D eigenvalue weighted by Crippen LogP contribution is -2.36. The second kappa shape index (κ2) is 9.86. The number of ether oxygens (including phenoxy) is 2. The number of methoxy groups -OCH3 is 1. The number of aryl methyl sites for hydroxylation is 1. The topological polar surface area (TPSA) is 30.5 Å². The van der Waals surface area contributed by atoms with Crippen LogP contribution in [0.5, 0.6) is 0 Å². The Morgan fingerprint density at radius 1 is 1.30 bits per heavy atom. The van der Waals surface area contributed by atoms with Gasteiger partial charge in [0, 0.05) is 13.2 Å². The Labute approximate surface area is 121 Å². The molecule has 0 saturated carbocycles. The average Bonchev–Trinajstić information content (AvgIpc) is 2.43. The van der Waals surface area contributed by atoms with Crippen LogP contribution in [-0.4, -0.2) is 39.5 Å². The van der Waals surface area contributed by atoms with Gasteiger partial charge < -0.3 is 14.8 Å². The van der Waals surface area contributed by atoms with Gasteiger partial charge in [0.25, 0.3) is 0 Å². The highest BCUT2D eigenvalue weighted by molar-refractivity contribution is 5.27. The van der Waals surface area contributed by atoms with Crippen molar-refractivity contribution in [2.45, 2.75) is 32.7 Å². The summed E-state index contributed by atoms with van der Waals surface area (Å²) in [7, 11) is 1.66. The van der Waals surface area contributed by atoms with Crippen LogP contribution in [-0.2, 0) is 15.9 Å². The van der Waals surface area contributed by atoms with E-state index in [2.05, 4.69) is 12.2 Å². The molecule has 0 saturated heterocycles. The highest BCUT2D eigenvalue weighted by atomic mass is 19.1. The summed E-state index contributed by atoms with van der Waals surface area (Å²) in [6.07, 6.45) is 1.93. The van der Waals surface area contributed by atoms with Gasteiger partial charge >= 0.3 is 0 Å². The van der Waals surface area contributed by atoms with Crippen molar-refractivity contribution in [2.24, 2.45) is 0 Å². The van der Waals surface area contributed by atoms with E-state index in [1.807, 2.05) is 13.0 Å². The van der Waals surface area contributed by atoms with Gasteiger partial charge in [-0.15, -0.1) is 0 Å².